The fourth-order valence-electron chi connectivity index (χ4n) is 5.71. The highest BCUT2D eigenvalue weighted by molar-refractivity contribution is 5.53. The molecule has 0 spiro atoms. The maximum absolute atomic E-state index is 11.1. The van der Waals surface area contributed by atoms with Crippen molar-refractivity contribution in [2.24, 2.45) is 11.8 Å². The van der Waals surface area contributed by atoms with Gasteiger partial charge in [0.15, 0.2) is 0 Å². The van der Waals surface area contributed by atoms with Crippen LogP contribution < -0.4 is 4.74 Å². The molecule has 1 aliphatic heterocycles. The molecule has 1 aromatic rings. The summed E-state index contributed by atoms with van der Waals surface area (Å²) >= 11 is 0. The SMILES string of the molecule is CCCCCCC(C)(C)c1cc(O)c2c(c1)OC(C)(C)[C@@H]1CCCC(C)C[C@@H]21. The summed E-state index contributed by atoms with van der Waals surface area (Å²) < 4.78 is 6.58. The average Bonchev–Trinajstić information content (AvgIpc) is 2.80. The van der Waals surface area contributed by atoms with Crippen molar-refractivity contribution in [1.29, 1.82) is 0 Å². The Morgan fingerprint density at radius 1 is 1.14 bits per heavy atom. The predicted molar refractivity (Wildman–Crippen MR) is 118 cm³/mol. The molecule has 0 aromatic heterocycles. The highest BCUT2D eigenvalue weighted by Crippen LogP contribution is 2.55. The summed E-state index contributed by atoms with van der Waals surface area (Å²) in [5.41, 5.74) is 2.19. The van der Waals surface area contributed by atoms with E-state index >= 15 is 0 Å². The normalized spacial score (nSPS) is 26.7. The summed E-state index contributed by atoms with van der Waals surface area (Å²) in [4.78, 5) is 0. The van der Waals surface area contributed by atoms with Crippen molar-refractivity contribution >= 4 is 0 Å². The minimum atomic E-state index is -0.169. The second kappa shape index (κ2) is 8.28. The van der Waals surface area contributed by atoms with Crippen molar-refractivity contribution in [3.63, 3.8) is 0 Å². The highest BCUT2D eigenvalue weighted by atomic mass is 16.5. The Morgan fingerprint density at radius 3 is 2.61 bits per heavy atom. The Hall–Kier alpha value is -1.18. The fraction of sp³-hybridized carbons (Fsp3) is 0.769. The van der Waals surface area contributed by atoms with Gasteiger partial charge in [0.05, 0.1) is 0 Å². The molecule has 1 saturated carbocycles. The number of rotatable bonds is 6. The van der Waals surface area contributed by atoms with Gasteiger partial charge < -0.3 is 9.84 Å². The van der Waals surface area contributed by atoms with Crippen LogP contribution in [-0.4, -0.2) is 10.7 Å². The van der Waals surface area contributed by atoms with Crippen LogP contribution in [-0.2, 0) is 5.41 Å². The van der Waals surface area contributed by atoms with Crippen LogP contribution in [0.5, 0.6) is 11.5 Å². The molecule has 0 radical (unpaired) electrons. The third kappa shape index (κ3) is 4.36. The predicted octanol–water partition coefficient (Wildman–Crippen LogP) is 7.72. The lowest BCUT2D eigenvalue weighted by molar-refractivity contribution is 0.00472. The van der Waals surface area contributed by atoms with Gasteiger partial charge in [0, 0.05) is 11.5 Å². The number of phenolic OH excluding ortho intramolecular Hbond substituents is 1. The van der Waals surface area contributed by atoms with E-state index in [-0.39, 0.29) is 11.0 Å². The van der Waals surface area contributed by atoms with Gasteiger partial charge in [0.25, 0.3) is 0 Å². The first-order chi connectivity index (χ1) is 13.2. The Balaban J connectivity index is 1.93. The molecule has 3 atom stereocenters. The lowest BCUT2D eigenvalue weighted by atomic mass is 9.69. The zero-order valence-corrected chi connectivity index (χ0v) is 19.1. The van der Waals surface area contributed by atoms with Gasteiger partial charge in [-0.3, -0.25) is 0 Å². The quantitative estimate of drug-likeness (QED) is 0.507. The molecule has 158 valence electrons. The molecule has 1 unspecified atom stereocenters. The standard InChI is InChI=1S/C26H42O2/c1-7-8-9-10-14-25(3,4)19-16-22(27)24-20-15-18(2)12-11-13-21(20)26(5,6)28-23(24)17-19/h16-18,20-21,27H,7-15H2,1-6H3/t18?,20-,21-/m1/s1. The van der Waals surface area contributed by atoms with E-state index in [1.165, 1.54) is 50.5 Å². The number of ether oxygens (including phenoxy) is 1. The number of benzene rings is 1. The summed E-state index contributed by atoms with van der Waals surface area (Å²) in [7, 11) is 0. The van der Waals surface area contributed by atoms with Crippen molar-refractivity contribution in [2.75, 3.05) is 0 Å². The smallest absolute Gasteiger partial charge is 0.127 e. The molecule has 0 saturated heterocycles. The number of unbranched alkanes of at least 4 members (excludes halogenated alkanes) is 3. The van der Waals surface area contributed by atoms with Crippen LogP contribution in [0.4, 0.5) is 0 Å². The maximum atomic E-state index is 11.1. The molecule has 1 heterocycles. The first-order valence-corrected chi connectivity index (χ1v) is 11.7. The molecule has 28 heavy (non-hydrogen) atoms. The number of aromatic hydroxyl groups is 1. The first kappa shape index (κ1) is 21.5. The molecule has 0 amide bonds. The van der Waals surface area contributed by atoms with Crippen molar-refractivity contribution in [3.05, 3.63) is 23.3 Å². The molecule has 0 bridgehead atoms. The van der Waals surface area contributed by atoms with E-state index in [0.29, 0.717) is 23.5 Å². The van der Waals surface area contributed by atoms with Crippen LogP contribution >= 0.6 is 0 Å². The monoisotopic (exact) mass is 386 g/mol. The average molecular weight is 387 g/mol. The van der Waals surface area contributed by atoms with Crippen molar-refractivity contribution in [1.82, 2.24) is 0 Å². The summed E-state index contributed by atoms with van der Waals surface area (Å²) in [6.45, 7) is 13.8. The molecule has 1 N–H and O–H groups in total. The molecule has 2 nitrogen and oxygen atoms in total. The highest BCUT2D eigenvalue weighted by Gasteiger charge is 2.46. The van der Waals surface area contributed by atoms with Crippen LogP contribution in [0.15, 0.2) is 12.1 Å². The molecular weight excluding hydrogens is 344 g/mol. The Labute approximate surface area is 173 Å². The van der Waals surface area contributed by atoms with Crippen LogP contribution in [0.2, 0.25) is 0 Å². The minimum absolute atomic E-state index is 0.0569. The Morgan fingerprint density at radius 2 is 1.89 bits per heavy atom. The van der Waals surface area contributed by atoms with Crippen molar-refractivity contribution < 1.29 is 9.84 Å². The van der Waals surface area contributed by atoms with E-state index in [1.807, 2.05) is 6.07 Å². The second-order valence-corrected chi connectivity index (χ2v) is 10.8. The van der Waals surface area contributed by atoms with Gasteiger partial charge in [-0.15, -0.1) is 0 Å². The van der Waals surface area contributed by atoms with Gasteiger partial charge in [-0.05, 0) is 68.1 Å². The fourth-order valence-corrected chi connectivity index (χ4v) is 5.71. The summed E-state index contributed by atoms with van der Waals surface area (Å²) in [6, 6.07) is 4.30. The zero-order valence-electron chi connectivity index (χ0n) is 19.1. The molecule has 2 heteroatoms. The number of fused-ring (bicyclic) bond motifs is 3. The molecule has 1 aliphatic carbocycles. The third-order valence-corrected chi connectivity index (χ3v) is 7.55. The van der Waals surface area contributed by atoms with Gasteiger partial charge in [-0.1, -0.05) is 66.2 Å². The number of phenols is 1. The van der Waals surface area contributed by atoms with Gasteiger partial charge in [0.2, 0.25) is 0 Å². The molecule has 1 fully saturated rings. The topological polar surface area (TPSA) is 29.5 Å². The second-order valence-electron chi connectivity index (χ2n) is 10.8. The van der Waals surface area contributed by atoms with E-state index in [9.17, 15) is 5.11 Å². The van der Waals surface area contributed by atoms with Gasteiger partial charge in [0.1, 0.15) is 17.1 Å². The van der Waals surface area contributed by atoms with E-state index in [4.69, 9.17) is 4.74 Å². The van der Waals surface area contributed by atoms with E-state index in [2.05, 4.69) is 47.6 Å². The summed E-state index contributed by atoms with van der Waals surface area (Å²) in [5.74, 6) is 3.03. The van der Waals surface area contributed by atoms with Crippen molar-refractivity contribution in [2.45, 2.75) is 116 Å². The minimum Gasteiger partial charge on any atom is -0.508 e. The van der Waals surface area contributed by atoms with Crippen LogP contribution in [0, 0.1) is 11.8 Å². The van der Waals surface area contributed by atoms with Gasteiger partial charge >= 0.3 is 0 Å². The Bertz CT molecular complexity index is 673. The number of hydrogen-bond donors (Lipinski definition) is 1. The largest absolute Gasteiger partial charge is 0.508 e. The lowest BCUT2D eigenvalue weighted by Crippen LogP contribution is -2.44. The van der Waals surface area contributed by atoms with Gasteiger partial charge in [-0.25, -0.2) is 0 Å². The van der Waals surface area contributed by atoms with E-state index in [0.717, 1.165) is 24.2 Å². The molecule has 1 aromatic carbocycles. The first-order valence-electron chi connectivity index (χ1n) is 11.7. The molecule has 2 aliphatic rings. The number of hydrogen-bond acceptors (Lipinski definition) is 2. The maximum Gasteiger partial charge on any atom is 0.127 e. The molecular formula is C26H42O2. The van der Waals surface area contributed by atoms with E-state index < -0.39 is 0 Å². The summed E-state index contributed by atoms with van der Waals surface area (Å²) in [5, 5.41) is 11.1. The van der Waals surface area contributed by atoms with Crippen LogP contribution in [0.1, 0.15) is 116 Å². The van der Waals surface area contributed by atoms with Gasteiger partial charge in [-0.2, -0.15) is 0 Å². The lowest BCUT2D eigenvalue weighted by Gasteiger charge is -2.45. The van der Waals surface area contributed by atoms with Crippen molar-refractivity contribution in [3.8, 4) is 11.5 Å². The Kier molecular flexibility index (Phi) is 6.37. The molecule has 3 rings (SSSR count). The van der Waals surface area contributed by atoms with Crippen LogP contribution in [0.3, 0.4) is 0 Å². The van der Waals surface area contributed by atoms with E-state index in [1.54, 1.807) is 0 Å². The van der Waals surface area contributed by atoms with Crippen LogP contribution in [0.25, 0.3) is 0 Å². The zero-order chi connectivity index (χ0) is 20.5. The summed E-state index contributed by atoms with van der Waals surface area (Å²) in [6.07, 6.45) is 11.2. The third-order valence-electron chi connectivity index (χ3n) is 7.55.